The minimum absolute atomic E-state index is 0.0592. The van der Waals surface area contributed by atoms with Gasteiger partial charge < -0.3 is 25.1 Å². The molecule has 0 spiro atoms. The Labute approximate surface area is 193 Å². The van der Waals surface area contributed by atoms with Crippen molar-refractivity contribution in [3.8, 4) is 0 Å². The molecule has 170 valence electrons. The van der Waals surface area contributed by atoms with Crippen LogP contribution in [0.5, 0.6) is 0 Å². The summed E-state index contributed by atoms with van der Waals surface area (Å²) in [6.45, 7) is 1.29. The van der Waals surface area contributed by atoms with E-state index in [1.165, 1.54) is 6.92 Å². The van der Waals surface area contributed by atoms with Gasteiger partial charge in [0.1, 0.15) is 17.6 Å². The molecule has 2 atom stereocenters. The van der Waals surface area contributed by atoms with Gasteiger partial charge in [0.15, 0.2) is 0 Å². The summed E-state index contributed by atoms with van der Waals surface area (Å²) in [5, 5.41) is 20.4. The van der Waals surface area contributed by atoms with E-state index < -0.39 is 30.2 Å². The minimum Gasteiger partial charge on any atom is -0.480 e. The predicted octanol–water partition coefficient (Wildman–Crippen LogP) is 2.97. The van der Waals surface area contributed by atoms with Crippen molar-refractivity contribution in [2.75, 3.05) is 0 Å². The molecule has 0 aromatic heterocycles. The summed E-state index contributed by atoms with van der Waals surface area (Å²) in [6, 6.07) is 6.55. The fourth-order valence-corrected chi connectivity index (χ4v) is 3.06. The zero-order valence-corrected chi connectivity index (χ0v) is 19.3. The molecule has 0 fully saturated rings. The molecule has 3 N–H and O–H groups in total. The number of carboxylic acids is 2. The molecule has 0 aliphatic rings. The first-order valence-corrected chi connectivity index (χ1v) is 10.8. The molecule has 0 bridgehead atoms. The van der Waals surface area contributed by atoms with Crippen molar-refractivity contribution >= 4 is 52.2 Å². The van der Waals surface area contributed by atoms with E-state index in [0.29, 0.717) is 6.42 Å². The monoisotopic (exact) mass is 545 g/mol. The maximum Gasteiger partial charge on any atom is 0.408 e. The minimum atomic E-state index is -1.58. The van der Waals surface area contributed by atoms with Crippen molar-refractivity contribution in [2.24, 2.45) is 0 Å². The number of nitrogens with one attached hydrogen (secondary N) is 1. The number of hydrogen-bond acceptors (Lipinski definition) is 6. The van der Waals surface area contributed by atoms with E-state index in [9.17, 15) is 29.1 Å². The van der Waals surface area contributed by atoms with Crippen LogP contribution >= 0.6 is 22.6 Å². The SMILES string of the molecule is CC(=O)CC[C@H](NC(=O)O[C@@H](CCC(=O)CCCc1ccc([125I])cc1)C(=O)O)C(=O)O. The number of aliphatic carboxylic acids is 2. The number of carboxylic acid groups (broad SMARTS) is 2. The topological polar surface area (TPSA) is 147 Å². The van der Waals surface area contributed by atoms with Gasteiger partial charge in [0.25, 0.3) is 0 Å². The first kappa shape index (κ1) is 26.5. The van der Waals surface area contributed by atoms with Crippen LogP contribution in [0, 0.1) is 3.57 Å². The number of rotatable bonds is 14. The number of Topliss-reactive ketones (excluding diaryl/α,β-unsaturated/α-hetero) is 2. The van der Waals surface area contributed by atoms with E-state index in [1.54, 1.807) is 0 Å². The number of carbonyl (C=O) groups excluding carboxylic acids is 3. The Morgan fingerprint density at radius 1 is 0.968 bits per heavy atom. The molecule has 0 aliphatic carbocycles. The van der Waals surface area contributed by atoms with Gasteiger partial charge >= 0.3 is 18.0 Å². The largest absolute Gasteiger partial charge is 0.480 e. The fourth-order valence-electron chi connectivity index (χ4n) is 2.70. The van der Waals surface area contributed by atoms with Crippen molar-refractivity contribution < 1.29 is 38.9 Å². The summed E-state index contributed by atoms with van der Waals surface area (Å²) in [5.74, 6) is -3.19. The summed E-state index contributed by atoms with van der Waals surface area (Å²) in [5.41, 5.74) is 1.11. The Bertz CT molecular complexity index is 793. The number of amides is 1. The van der Waals surface area contributed by atoms with Crippen molar-refractivity contribution in [3.63, 3.8) is 0 Å². The van der Waals surface area contributed by atoms with Crippen molar-refractivity contribution in [3.05, 3.63) is 33.4 Å². The number of ketones is 2. The van der Waals surface area contributed by atoms with Gasteiger partial charge in [-0.1, -0.05) is 12.1 Å². The van der Waals surface area contributed by atoms with Crippen LogP contribution in [0.25, 0.3) is 0 Å². The number of alkyl carbamates (subject to hydrolysis) is 1. The molecule has 1 aromatic carbocycles. The second-order valence-corrected chi connectivity index (χ2v) is 8.31. The van der Waals surface area contributed by atoms with Crippen molar-refractivity contribution in [2.45, 2.75) is 64.0 Å². The molecule has 31 heavy (non-hydrogen) atoms. The van der Waals surface area contributed by atoms with Crippen molar-refractivity contribution in [1.29, 1.82) is 0 Å². The average molecular weight is 545 g/mol. The molecule has 9 nitrogen and oxygen atoms in total. The molecule has 1 rings (SSSR count). The summed E-state index contributed by atoms with van der Waals surface area (Å²) in [7, 11) is 0. The van der Waals surface area contributed by atoms with E-state index in [2.05, 4.69) is 22.6 Å². The van der Waals surface area contributed by atoms with E-state index in [1.807, 2.05) is 29.6 Å². The van der Waals surface area contributed by atoms with Gasteiger partial charge in [0.05, 0.1) is 0 Å². The molecule has 1 aromatic rings. The molecule has 0 unspecified atom stereocenters. The summed E-state index contributed by atoms with van der Waals surface area (Å²) in [4.78, 5) is 57.4. The highest BCUT2D eigenvalue weighted by atomic mass is 125. The number of hydrogen-bond donors (Lipinski definition) is 3. The van der Waals surface area contributed by atoms with Crippen LogP contribution in [-0.4, -0.2) is 52.0 Å². The summed E-state index contributed by atoms with van der Waals surface area (Å²) >= 11 is 2.21. The third-order valence-corrected chi connectivity index (χ3v) is 5.14. The van der Waals surface area contributed by atoms with Crippen LogP contribution in [0.3, 0.4) is 0 Å². The third kappa shape index (κ3) is 11.5. The Morgan fingerprint density at radius 2 is 1.61 bits per heavy atom. The van der Waals surface area contributed by atoms with Gasteiger partial charge in [-0.15, -0.1) is 0 Å². The fraction of sp³-hybridized carbons (Fsp3) is 0.476. The molecule has 0 radical (unpaired) electrons. The van der Waals surface area contributed by atoms with Crippen LogP contribution in [0.15, 0.2) is 24.3 Å². The lowest BCUT2D eigenvalue weighted by atomic mass is 10.0. The zero-order valence-electron chi connectivity index (χ0n) is 17.1. The molecule has 1 amide bonds. The lowest BCUT2D eigenvalue weighted by molar-refractivity contribution is -0.147. The van der Waals surface area contributed by atoms with Crippen LogP contribution in [0.1, 0.15) is 51.0 Å². The standard InChI is InChI=1S/C21H26INO8/c1-13(24)5-11-17(19(26)27)23-21(30)31-18(20(28)29)12-10-16(25)4-2-3-14-6-8-15(22)9-7-14/h6-9,17-18H,2-5,10-12H2,1H3,(H,23,30)(H,26,27)(H,28,29)/t17-,18-/m0/s1/i22-2. The van der Waals surface area contributed by atoms with Gasteiger partial charge in [0.2, 0.25) is 6.10 Å². The Hall–Kier alpha value is -2.50. The van der Waals surface area contributed by atoms with Gasteiger partial charge in [-0.3, -0.25) is 4.79 Å². The molecule has 0 saturated carbocycles. The molecule has 0 heterocycles. The molecule has 0 saturated heterocycles. The van der Waals surface area contributed by atoms with Crippen LogP contribution in [0.2, 0.25) is 0 Å². The van der Waals surface area contributed by atoms with Gasteiger partial charge in [-0.05, 0) is 66.5 Å². The Kier molecular flexibility index (Phi) is 11.8. The lowest BCUT2D eigenvalue weighted by Crippen LogP contribution is -2.43. The van der Waals surface area contributed by atoms with Crippen LogP contribution < -0.4 is 5.32 Å². The third-order valence-electron chi connectivity index (χ3n) is 4.42. The van der Waals surface area contributed by atoms with Gasteiger partial charge in [0, 0.05) is 29.3 Å². The Balaban J connectivity index is 2.44. The van der Waals surface area contributed by atoms with Gasteiger partial charge in [-0.25, -0.2) is 14.4 Å². The second kappa shape index (κ2) is 13.7. The lowest BCUT2D eigenvalue weighted by Gasteiger charge is -2.17. The molecule has 0 aliphatic heterocycles. The highest BCUT2D eigenvalue weighted by Crippen LogP contribution is 2.12. The second-order valence-electron chi connectivity index (χ2n) is 7.07. The maximum absolute atomic E-state index is 12.1. The van der Waals surface area contributed by atoms with E-state index in [-0.39, 0.29) is 43.7 Å². The maximum atomic E-state index is 12.1. The molecular formula is C21H26INO8. The van der Waals surface area contributed by atoms with Crippen molar-refractivity contribution in [1.82, 2.24) is 5.32 Å². The number of aryl methyl sites for hydroxylation is 1. The van der Waals surface area contributed by atoms with Crippen LogP contribution in [-0.2, 0) is 30.3 Å². The number of ether oxygens (including phenoxy) is 1. The first-order chi connectivity index (χ1) is 14.6. The van der Waals surface area contributed by atoms with E-state index in [4.69, 9.17) is 9.84 Å². The average Bonchev–Trinajstić information content (AvgIpc) is 2.69. The van der Waals surface area contributed by atoms with Crippen LogP contribution in [0.4, 0.5) is 4.79 Å². The number of carbonyl (C=O) groups is 5. The highest BCUT2D eigenvalue weighted by molar-refractivity contribution is 14.1. The summed E-state index contributed by atoms with van der Waals surface area (Å²) in [6.07, 6.45) is -1.68. The number of benzene rings is 1. The smallest absolute Gasteiger partial charge is 0.408 e. The normalized spacial score (nSPS) is 12.5. The first-order valence-electron chi connectivity index (χ1n) is 9.76. The molecule has 10 heteroatoms. The van der Waals surface area contributed by atoms with E-state index >= 15 is 0 Å². The number of halogens is 1. The Morgan fingerprint density at radius 3 is 2.16 bits per heavy atom. The molecular weight excluding hydrogens is 519 g/mol. The summed E-state index contributed by atoms with van der Waals surface area (Å²) < 4.78 is 5.90. The highest BCUT2D eigenvalue weighted by Gasteiger charge is 2.26. The quantitative estimate of drug-likeness (QED) is 0.303. The predicted molar refractivity (Wildman–Crippen MR) is 119 cm³/mol. The van der Waals surface area contributed by atoms with Gasteiger partial charge in [-0.2, -0.15) is 0 Å². The van der Waals surface area contributed by atoms with E-state index in [0.717, 1.165) is 15.6 Å². The zero-order chi connectivity index (χ0) is 23.4.